The van der Waals surface area contributed by atoms with Crippen LogP contribution in [0.15, 0.2) is 97.1 Å². The van der Waals surface area contributed by atoms with Crippen LogP contribution in [-0.2, 0) is 6.54 Å². The highest BCUT2D eigenvalue weighted by Crippen LogP contribution is 2.49. The van der Waals surface area contributed by atoms with Crippen LogP contribution in [0.1, 0.15) is 22.8 Å². The molecule has 3 nitrogen and oxygen atoms in total. The number of rotatable bonds is 5. The molecule has 1 heterocycles. The largest absolute Gasteiger partial charge is 0.496 e. The molecule has 0 amide bonds. The summed E-state index contributed by atoms with van der Waals surface area (Å²) in [5, 5.41) is 3.55. The Labute approximate surface area is 176 Å². The van der Waals surface area contributed by atoms with E-state index in [-0.39, 0.29) is 6.10 Å². The molecule has 0 spiro atoms. The molecule has 4 aromatic rings. The summed E-state index contributed by atoms with van der Waals surface area (Å²) in [6.45, 7) is 0.774. The lowest BCUT2D eigenvalue weighted by Gasteiger charge is -2.30. The number of benzene rings is 4. The number of hydrogen-bond acceptors (Lipinski definition) is 3. The van der Waals surface area contributed by atoms with Gasteiger partial charge in [0, 0.05) is 17.8 Å². The highest BCUT2D eigenvalue weighted by Gasteiger charge is 2.29. The summed E-state index contributed by atoms with van der Waals surface area (Å²) in [5.74, 6) is 1.67. The van der Waals surface area contributed by atoms with Crippen molar-refractivity contribution < 1.29 is 9.47 Å². The lowest BCUT2D eigenvalue weighted by molar-refractivity contribution is 0.242. The van der Waals surface area contributed by atoms with E-state index >= 15 is 0 Å². The van der Waals surface area contributed by atoms with Gasteiger partial charge in [-0.15, -0.1) is 0 Å². The van der Waals surface area contributed by atoms with Crippen molar-refractivity contribution in [2.75, 3.05) is 12.4 Å². The Kier molecular flexibility index (Phi) is 4.86. The Bertz CT molecular complexity index is 1160. The van der Waals surface area contributed by atoms with Crippen molar-refractivity contribution in [3.8, 4) is 22.6 Å². The predicted octanol–water partition coefficient (Wildman–Crippen LogP) is 6.46. The van der Waals surface area contributed by atoms with E-state index in [4.69, 9.17) is 9.47 Å². The summed E-state index contributed by atoms with van der Waals surface area (Å²) >= 11 is 0. The van der Waals surface area contributed by atoms with E-state index in [1.807, 2.05) is 30.3 Å². The lowest BCUT2D eigenvalue weighted by Crippen LogP contribution is -2.16. The summed E-state index contributed by atoms with van der Waals surface area (Å²) in [5.41, 5.74) is 6.74. The average Bonchev–Trinajstić information content (AvgIpc) is 2.82. The van der Waals surface area contributed by atoms with Crippen molar-refractivity contribution in [3.63, 3.8) is 0 Å². The summed E-state index contributed by atoms with van der Waals surface area (Å²) in [4.78, 5) is 0. The van der Waals surface area contributed by atoms with Crippen LogP contribution in [0.2, 0.25) is 0 Å². The summed E-state index contributed by atoms with van der Waals surface area (Å²) < 4.78 is 12.1. The number of ether oxygens (including phenoxy) is 2. The second kappa shape index (κ2) is 7.96. The van der Waals surface area contributed by atoms with Crippen molar-refractivity contribution >= 4 is 5.69 Å². The van der Waals surface area contributed by atoms with Gasteiger partial charge in [-0.3, -0.25) is 0 Å². The fourth-order valence-electron chi connectivity index (χ4n) is 4.03. The molecule has 1 aliphatic heterocycles. The van der Waals surface area contributed by atoms with Gasteiger partial charge >= 0.3 is 0 Å². The maximum atomic E-state index is 6.50. The number of hydrogen-bond donors (Lipinski definition) is 1. The van der Waals surface area contributed by atoms with Gasteiger partial charge in [-0.05, 0) is 41.0 Å². The first-order valence-electron chi connectivity index (χ1n) is 10.1. The molecule has 1 unspecified atom stereocenters. The molecule has 1 N–H and O–H groups in total. The van der Waals surface area contributed by atoms with Crippen molar-refractivity contribution in [3.05, 3.63) is 114 Å². The second-order valence-electron chi connectivity index (χ2n) is 7.38. The van der Waals surface area contributed by atoms with Crippen molar-refractivity contribution in [1.29, 1.82) is 0 Å². The van der Waals surface area contributed by atoms with Crippen molar-refractivity contribution in [1.82, 2.24) is 0 Å². The Balaban J connectivity index is 1.57. The van der Waals surface area contributed by atoms with E-state index < -0.39 is 0 Å². The number of methoxy groups -OCH3 is 1. The smallest absolute Gasteiger partial charge is 0.150 e. The molecule has 4 aromatic carbocycles. The minimum absolute atomic E-state index is 0.167. The van der Waals surface area contributed by atoms with Gasteiger partial charge in [-0.1, -0.05) is 72.8 Å². The standard InChI is InChI=1S/C27H23NO2/c1-29-24-13-8-14-25-26(24)22-16-15-21(28-18-19-9-4-2-5-10-19)17-23(22)27(30-25)20-11-6-3-7-12-20/h2-17,27-28H,18H2,1H3. The average molecular weight is 393 g/mol. The molecular formula is C27H23NO2. The van der Waals surface area contributed by atoms with Crippen molar-refractivity contribution in [2.24, 2.45) is 0 Å². The molecule has 148 valence electrons. The lowest BCUT2D eigenvalue weighted by atomic mass is 9.88. The SMILES string of the molecule is COc1cccc2c1-c1ccc(NCc3ccccc3)cc1C(c1ccccc1)O2. The molecule has 30 heavy (non-hydrogen) atoms. The van der Waals surface area contributed by atoms with E-state index in [0.717, 1.165) is 46.0 Å². The highest BCUT2D eigenvalue weighted by molar-refractivity contribution is 5.83. The van der Waals surface area contributed by atoms with Gasteiger partial charge in [0.25, 0.3) is 0 Å². The van der Waals surface area contributed by atoms with Crippen LogP contribution in [0.5, 0.6) is 11.5 Å². The van der Waals surface area contributed by atoms with E-state index in [9.17, 15) is 0 Å². The molecule has 1 aliphatic rings. The Hall–Kier alpha value is -3.72. The molecule has 0 bridgehead atoms. The molecule has 0 saturated heterocycles. The quantitative estimate of drug-likeness (QED) is 0.422. The van der Waals surface area contributed by atoms with Gasteiger partial charge in [-0.25, -0.2) is 0 Å². The highest BCUT2D eigenvalue weighted by atomic mass is 16.5. The molecule has 0 radical (unpaired) electrons. The van der Waals surface area contributed by atoms with Gasteiger partial charge in [-0.2, -0.15) is 0 Å². The zero-order valence-corrected chi connectivity index (χ0v) is 16.8. The van der Waals surface area contributed by atoms with Crippen LogP contribution < -0.4 is 14.8 Å². The molecule has 0 aliphatic carbocycles. The molecular weight excluding hydrogens is 370 g/mol. The Morgan fingerprint density at radius 3 is 2.37 bits per heavy atom. The van der Waals surface area contributed by atoms with E-state index in [0.29, 0.717) is 0 Å². The maximum absolute atomic E-state index is 6.50. The normalized spacial score (nSPS) is 14.2. The maximum Gasteiger partial charge on any atom is 0.150 e. The third-order valence-corrected chi connectivity index (χ3v) is 5.50. The molecule has 5 rings (SSSR count). The topological polar surface area (TPSA) is 30.5 Å². The molecule has 3 heteroatoms. The second-order valence-corrected chi connectivity index (χ2v) is 7.38. The Morgan fingerprint density at radius 1 is 0.833 bits per heavy atom. The van der Waals surface area contributed by atoms with E-state index in [1.165, 1.54) is 5.56 Å². The van der Waals surface area contributed by atoms with Crippen molar-refractivity contribution in [2.45, 2.75) is 12.6 Å². The van der Waals surface area contributed by atoms with Crippen LogP contribution >= 0.6 is 0 Å². The number of nitrogens with one attached hydrogen (secondary N) is 1. The zero-order chi connectivity index (χ0) is 20.3. The van der Waals surface area contributed by atoms with Crippen LogP contribution in [0.4, 0.5) is 5.69 Å². The molecule has 0 aromatic heterocycles. The van der Waals surface area contributed by atoms with Gasteiger partial charge in [0.15, 0.2) is 0 Å². The summed E-state index contributed by atoms with van der Waals surface area (Å²) in [6.07, 6.45) is -0.167. The molecule has 0 fully saturated rings. The van der Waals surface area contributed by atoms with Gasteiger partial charge in [0.2, 0.25) is 0 Å². The first kappa shape index (κ1) is 18.3. The first-order chi connectivity index (χ1) is 14.8. The minimum atomic E-state index is -0.167. The van der Waals surface area contributed by atoms with E-state index in [2.05, 4.69) is 72.0 Å². The minimum Gasteiger partial charge on any atom is -0.496 e. The first-order valence-corrected chi connectivity index (χ1v) is 10.1. The van der Waals surface area contributed by atoms with Crippen LogP contribution in [-0.4, -0.2) is 7.11 Å². The van der Waals surface area contributed by atoms with Crippen LogP contribution in [0.25, 0.3) is 11.1 Å². The fourth-order valence-corrected chi connectivity index (χ4v) is 4.03. The number of anilines is 1. The zero-order valence-electron chi connectivity index (χ0n) is 16.8. The van der Waals surface area contributed by atoms with Gasteiger partial charge in [0.1, 0.15) is 17.6 Å². The fraction of sp³-hybridized carbons (Fsp3) is 0.111. The molecule has 1 atom stereocenters. The summed E-state index contributed by atoms with van der Waals surface area (Å²) in [6, 6.07) is 33.2. The van der Waals surface area contributed by atoms with E-state index in [1.54, 1.807) is 7.11 Å². The third-order valence-electron chi connectivity index (χ3n) is 5.50. The molecule has 0 saturated carbocycles. The third kappa shape index (κ3) is 3.39. The van der Waals surface area contributed by atoms with Crippen LogP contribution in [0.3, 0.4) is 0 Å². The van der Waals surface area contributed by atoms with Gasteiger partial charge < -0.3 is 14.8 Å². The van der Waals surface area contributed by atoms with Crippen LogP contribution in [0, 0.1) is 0 Å². The summed E-state index contributed by atoms with van der Waals surface area (Å²) in [7, 11) is 1.70. The number of fused-ring (bicyclic) bond motifs is 3. The monoisotopic (exact) mass is 393 g/mol. The predicted molar refractivity (Wildman–Crippen MR) is 121 cm³/mol. The van der Waals surface area contributed by atoms with Gasteiger partial charge in [0.05, 0.1) is 12.7 Å². The Morgan fingerprint density at radius 2 is 1.60 bits per heavy atom.